The van der Waals surface area contributed by atoms with E-state index in [1.54, 1.807) is 0 Å². The average Bonchev–Trinajstić information content (AvgIpc) is 3.67. The maximum absolute atomic E-state index is 2.56. The third-order valence-electron chi connectivity index (χ3n) is 12.0. The van der Waals surface area contributed by atoms with Crippen LogP contribution in [0.2, 0.25) is 0 Å². The molecule has 0 N–H and O–H groups in total. The molecule has 2 aliphatic carbocycles. The first kappa shape index (κ1) is 27.3. The Morgan fingerprint density at radius 2 is 0.882 bits per heavy atom. The summed E-state index contributed by atoms with van der Waals surface area (Å²) < 4.78 is 0. The molecule has 51 heavy (non-hydrogen) atoms. The van der Waals surface area contributed by atoms with E-state index in [1.807, 2.05) is 0 Å². The lowest BCUT2D eigenvalue weighted by Crippen LogP contribution is -2.26. The van der Waals surface area contributed by atoms with E-state index in [2.05, 4.69) is 182 Å². The van der Waals surface area contributed by atoms with E-state index in [4.69, 9.17) is 0 Å². The minimum Gasteiger partial charge on any atom is -0.0622 e. The lowest BCUT2D eigenvalue weighted by atomic mass is 9.69. The first-order valence-corrected chi connectivity index (χ1v) is 17.9. The second kappa shape index (κ2) is 9.81. The van der Waals surface area contributed by atoms with Gasteiger partial charge in [-0.15, -0.1) is 0 Å². The molecule has 0 bridgehead atoms. The monoisotopic (exact) mass is 642 g/mol. The van der Waals surface area contributed by atoms with E-state index in [9.17, 15) is 0 Å². The molecule has 0 nitrogen and oxygen atoms in total. The van der Waals surface area contributed by atoms with Gasteiger partial charge in [0.05, 0.1) is 5.41 Å². The second-order valence-electron chi connectivity index (χ2n) is 14.3. The van der Waals surface area contributed by atoms with Crippen LogP contribution >= 0.6 is 0 Å². The number of rotatable bonds is 2. The van der Waals surface area contributed by atoms with Gasteiger partial charge in [-0.2, -0.15) is 0 Å². The van der Waals surface area contributed by atoms with Gasteiger partial charge in [-0.3, -0.25) is 0 Å². The Balaban J connectivity index is 1.28. The first-order chi connectivity index (χ1) is 25.3. The van der Waals surface area contributed by atoms with Crippen LogP contribution in [0, 0.1) is 0 Å². The molecule has 0 aliphatic heterocycles. The molecule has 0 heteroatoms. The summed E-state index contributed by atoms with van der Waals surface area (Å²) in [6.07, 6.45) is 0. The van der Waals surface area contributed by atoms with Crippen LogP contribution in [0.1, 0.15) is 22.3 Å². The highest BCUT2D eigenvalue weighted by Gasteiger charge is 2.53. The fourth-order valence-electron chi connectivity index (χ4n) is 10.0. The SMILES string of the molecule is c1ccc(-c2cc(-c3ccc4ccc5cccc6ccc3c4c56)cc3c2-c2ccc4ccccc4c2C32c3ccccc3-c3ccccc32)cc1. The summed E-state index contributed by atoms with van der Waals surface area (Å²) in [5, 5.41) is 10.5. The fraction of sp³-hybridized carbons (Fsp3) is 0.0196. The van der Waals surface area contributed by atoms with Crippen molar-refractivity contribution in [3.05, 3.63) is 204 Å². The summed E-state index contributed by atoms with van der Waals surface area (Å²) in [4.78, 5) is 0. The molecule has 0 heterocycles. The van der Waals surface area contributed by atoms with Gasteiger partial charge in [0.1, 0.15) is 0 Å². The Morgan fingerprint density at radius 1 is 0.294 bits per heavy atom. The van der Waals surface area contributed by atoms with Crippen molar-refractivity contribution in [1.82, 2.24) is 0 Å². The predicted octanol–water partition coefficient (Wildman–Crippen LogP) is 13.4. The van der Waals surface area contributed by atoms with Gasteiger partial charge in [0.15, 0.2) is 0 Å². The van der Waals surface area contributed by atoms with Gasteiger partial charge in [0, 0.05) is 0 Å². The van der Waals surface area contributed by atoms with Crippen molar-refractivity contribution in [1.29, 1.82) is 0 Å². The zero-order valence-electron chi connectivity index (χ0n) is 27.8. The quantitative estimate of drug-likeness (QED) is 0.165. The molecule has 10 aromatic rings. The van der Waals surface area contributed by atoms with Gasteiger partial charge in [-0.25, -0.2) is 0 Å². The van der Waals surface area contributed by atoms with E-state index >= 15 is 0 Å². The van der Waals surface area contributed by atoms with Crippen LogP contribution in [0.25, 0.3) is 87.6 Å². The van der Waals surface area contributed by atoms with Crippen molar-refractivity contribution in [2.24, 2.45) is 0 Å². The Bertz CT molecular complexity index is 3010. The van der Waals surface area contributed by atoms with Crippen molar-refractivity contribution in [2.75, 3.05) is 0 Å². The van der Waals surface area contributed by atoms with Crippen LogP contribution in [-0.4, -0.2) is 0 Å². The molecule has 0 unspecified atom stereocenters. The van der Waals surface area contributed by atoms with Gasteiger partial charge in [0.2, 0.25) is 0 Å². The zero-order valence-corrected chi connectivity index (χ0v) is 27.8. The first-order valence-electron chi connectivity index (χ1n) is 17.9. The standard InChI is InChI=1S/C51H30/c1-2-11-31(12-3-1)43-29-36(37-26-24-35-22-21-33-14-10-15-34-25-27-41(37)48(35)47(33)34)30-46-49(43)42-28-23-32-13-4-5-16-38(32)50(42)51(46)44-19-8-6-17-39(44)40-18-7-9-20-45(40)51/h1-30H. The third-order valence-corrected chi connectivity index (χ3v) is 12.0. The summed E-state index contributed by atoms with van der Waals surface area (Å²) >= 11 is 0. The Hall–Kier alpha value is -6.50. The van der Waals surface area contributed by atoms with Crippen molar-refractivity contribution in [3.8, 4) is 44.5 Å². The molecule has 0 aromatic heterocycles. The molecule has 2 aliphatic rings. The lowest BCUT2D eigenvalue weighted by Gasteiger charge is -2.32. The smallest absolute Gasteiger partial charge is 0.0622 e. The normalized spacial score (nSPS) is 13.6. The number of hydrogen-bond acceptors (Lipinski definition) is 0. The van der Waals surface area contributed by atoms with Gasteiger partial charge in [-0.05, 0) is 122 Å². The van der Waals surface area contributed by atoms with Crippen molar-refractivity contribution < 1.29 is 0 Å². The topological polar surface area (TPSA) is 0 Å². The van der Waals surface area contributed by atoms with Gasteiger partial charge in [0.25, 0.3) is 0 Å². The molecule has 0 saturated carbocycles. The third kappa shape index (κ3) is 3.40. The van der Waals surface area contributed by atoms with Crippen molar-refractivity contribution in [2.45, 2.75) is 5.41 Å². The summed E-state index contributed by atoms with van der Waals surface area (Å²) in [6.45, 7) is 0. The number of hydrogen-bond donors (Lipinski definition) is 0. The molecule has 0 fully saturated rings. The number of benzene rings is 10. The molecule has 0 radical (unpaired) electrons. The van der Waals surface area contributed by atoms with E-state index in [0.717, 1.165) is 0 Å². The van der Waals surface area contributed by atoms with Crippen LogP contribution < -0.4 is 0 Å². The van der Waals surface area contributed by atoms with E-state index in [0.29, 0.717) is 0 Å². The van der Waals surface area contributed by atoms with Crippen LogP contribution in [0.5, 0.6) is 0 Å². The van der Waals surface area contributed by atoms with Crippen LogP contribution in [-0.2, 0) is 5.41 Å². The summed E-state index contributed by atoms with van der Waals surface area (Å²) in [6, 6.07) is 68.7. The average molecular weight is 643 g/mol. The Labute approximate surface area is 296 Å². The molecule has 0 amide bonds. The summed E-state index contributed by atoms with van der Waals surface area (Å²) in [7, 11) is 0. The minimum absolute atomic E-state index is 0.470. The molecule has 0 atom stereocenters. The summed E-state index contributed by atoms with van der Waals surface area (Å²) in [5.74, 6) is 0. The second-order valence-corrected chi connectivity index (χ2v) is 14.3. The van der Waals surface area contributed by atoms with E-state index in [-0.39, 0.29) is 0 Å². The van der Waals surface area contributed by atoms with E-state index in [1.165, 1.54) is 110 Å². The Morgan fingerprint density at radius 3 is 1.67 bits per heavy atom. The van der Waals surface area contributed by atoms with Crippen LogP contribution in [0.4, 0.5) is 0 Å². The van der Waals surface area contributed by atoms with E-state index < -0.39 is 5.41 Å². The highest BCUT2D eigenvalue weighted by atomic mass is 14.5. The minimum atomic E-state index is -0.470. The maximum atomic E-state index is 2.56. The van der Waals surface area contributed by atoms with Gasteiger partial charge in [-0.1, -0.05) is 170 Å². The highest BCUT2D eigenvalue weighted by Crippen LogP contribution is 2.66. The molecular formula is C51H30. The van der Waals surface area contributed by atoms with Crippen LogP contribution in [0.15, 0.2) is 182 Å². The van der Waals surface area contributed by atoms with Crippen molar-refractivity contribution >= 4 is 43.1 Å². The molecule has 1 spiro atoms. The molecular weight excluding hydrogens is 613 g/mol. The van der Waals surface area contributed by atoms with Gasteiger partial charge >= 0.3 is 0 Å². The predicted molar refractivity (Wildman–Crippen MR) is 215 cm³/mol. The van der Waals surface area contributed by atoms with Crippen molar-refractivity contribution in [3.63, 3.8) is 0 Å². The largest absolute Gasteiger partial charge is 0.0731 e. The highest BCUT2D eigenvalue weighted by molar-refractivity contribution is 6.25. The summed E-state index contributed by atoms with van der Waals surface area (Å²) in [5.41, 5.74) is 15.4. The zero-order chi connectivity index (χ0) is 33.3. The molecule has 234 valence electrons. The Kier molecular flexibility index (Phi) is 5.26. The molecule has 12 rings (SSSR count). The molecule has 0 saturated heterocycles. The fourth-order valence-corrected chi connectivity index (χ4v) is 10.0. The lowest BCUT2D eigenvalue weighted by molar-refractivity contribution is 0.802. The number of fused-ring (bicyclic) bond motifs is 12. The van der Waals surface area contributed by atoms with Crippen LogP contribution in [0.3, 0.4) is 0 Å². The van der Waals surface area contributed by atoms with Gasteiger partial charge < -0.3 is 0 Å². The maximum Gasteiger partial charge on any atom is 0.0731 e. The molecule has 10 aromatic carbocycles.